The maximum atomic E-state index is 3.58. The largest absolute Gasteiger partial charge is 0.299 e. The molecule has 0 heterocycles. The van der Waals surface area contributed by atoms with Gasteiger partial charge in [0.25, 0.3) is 0 Å². The Morgan fingerprint density at radius 3 is 2.40 bits per heavy atom. The zero-order chi connectivity index (χ0) is 10.4. The van der Waals surface area contributed by atoms with Crippen LogP contribution in [0, 0.1) is 0 Å². The molecule has 0 aromatic heterocycles. The molecular formula is C12H19BrClN. The highest BCUT2D eigenvalue weighted by Crippen LogP contribution is 2.17. The lowest BCUT2D eigenvalue weighted by atomic mass is 10.2. The predicted octanol–water partition coefficient (Wildman–Crippen LogP) is 4.10. The van der Waals surface area contributed by atoms with Crippen molar-refractivity contribution in [3.8, 4) is 0 Å². The van der Waals surface area contributed by atoms with Crippen molar-refractivity contribution in [3.05, 3.63) is 34.3 Å². The van der Waals surface area contributed by atoms with Gasteiger partial charge in [-0.1, -0.05) is 48.0 Å². The fourth-order valence-corrected chi connectivity index (χ4v) is 1.94. The Morgan fingerprint density at radius 2 is 1.87 bits per heavy atom. The van der Waals surface area contributed by atoms with E-state index in [1.807, 2.05) is 0 Å². The molecule has 3 heteroatoms. The van der Waals surface area contributed by atoms with E-state index in [1.54, 1.807) is 0 Å². The smallest absolute Gasteiger partial charge is 0.0244 e. The average molecular weight is 293 g/mol. The Balaban J connectivity index is 0.00000196. The summed E-state index contributed by atoms with van der Waals surface area (Å²) in [5.74, 6) is 0. The Bertz CT molecular complexity index is 278. The van der Waals surface area contributed by atoms with E-state index in [1.165, 1.54) is 23.0 Å². The van der Waals surface area contributed by atoms with E-state index in [9.17, 15) is 0 Å². The molecule has 0 amide bonds. The quantitative estimate of drug-likeness (QED) is 0.789. The van der Waals surface area contributed by atoms with Crippen LogP contribution in [0.1, 0.15) is 25.8 Å². The number of halogens is 2. The zero-order valence-electron chi connectivity index (χ0n) is 9.37. The van der Waals surface area contributed by atoms with Crippen LogP contribution in [0.2, 0.25) is 0 Å². The molecule has 0 N–H and O–H groups in total. The minimum atomic E-state index is 0. The van der Waals surface area contributed by atoms with Gasteiger partial charge in [0, 0.05) is 11.0 Å². The minimum absolute atomic E-state index is 0. The summed E-state index contributed by atoms with van der Waals surface area (Å²) in [7, 11) is 0. The van der Waals surface area contributed by atoms with Gasteiger partial charge in [-0.05, 0) is 31.1 Å². The fourth-order valence-electron chi connectivity index (χ4n) is 1.53. The minimum Gasteiger partial charge on any atom is -0.299 e. The van der Waals surface area contributed by atoms with Crippen LogP contribution < -0.4 is 0 Å². The normalized spacial score (nSPS) is 10.1. The van der Waals surface area contributed by atoms with E-state index < -0.39 is 0 Å². The van der Waals surface area contributed by atoms with E-state index in [2.05, 4.69) is 58.9 Å². The first-order valence-electron chi connectivity index (χ1n) is 5.23. The molecule has 0 fully saturated rings. The molecule has 0 atom stereocenters. The standard InChI is InChI=1S/C12H18BrN.ClH/c1-3-9-14(4-2)10-11-7-5-6-8-12(11)13;/h5-8H,3-4,9-10H2,1-2H3;1H. The lowest BCUT2D eigenvalue weighted by molar-refractivity contribution is 0.280. The molecule has 0 aliphatic carbocycles. The van der Waals surface area contributed by atoms with Crippen LogP contribution in [-0.4, -0.2) is 18.0 Å². The van der Waals surface area contributed by atoms with E-state index in [4.69, 9.17) is 0 Å². The lowest BCUT2D eigenvalue weighted by Crippen LogP contribution is -2.23. The molecule has 0 saturated heterocycles. The first kappa shape index (κ1) is 14.9. The Labute approximate surface area is 107 Å². The Hall–Kier alpha value is -0.0500. The third-order valence-electron chi connectivity index (χ3n) is 2.34. The summed E-state index contributed by atoms with van der Waals surface area (Å²) in [5.41, 5.74) is 1.38. The summed E-state index contributed by atoms with van der Waals surface area (Å²) in [6, 6.07) is 8.45. The second kappa shape index (κ2) is 8.14. The average Bonchev–Trinajstić information content (AvgIpc) is 2.20. The molecule has 0 aliphatic rings. The molecule has 0 aliphatic heterocycles. The van der Waals surface area contributed by atoms with Gasteiger partial charge in [0.2, 0.25) is 0 Å². The van der Waals surface area contributed by atoms with Gasteiger partial charge in [-0.3, -0.25) is 4.90 Å². The highest BCUT2D eigenvalue weighted by atomic mass is 79.9. The van der Waals surface area contributed by atoms with Crippen molar-refractivity contribution in [1.82, 2.24) is 4.90 Å². The lowest BCUT2D eigenvalue weighted by Gasteiger charge is -2.20. The third-order valence-corrected chi connectivity index (χ3v) is 3.11. The van der Waals surface area contributed by atoms with Crippen molar-refractivity contribution in [2.75, 3.05) is 13.1 Å². The van der Waals surface area contributed by atoms with Crippen molar-refractivity contribution >= 4 is 28.3 Å². The van der Waals surface area contributed by atoms with Crippen LogP contribution in [0.25, 0.3) is 0 Å². The summed E-state index contributed by atoms with van der Waals surface area (Å²) in [6.45, 7) is 7.79. The van der Waals surface area contributed by atoms with Gasteiger partial charge in [-0.2, -0.15) is 0 Å². The second-order valence-electron chi connectivity index (χ2n) is 3.46. The van der Waals surface area contributed by atoms with Gasteiger partial charge in [0.05, 0.1) is 0 Å². The molecule has 1 rings (SSSR count). The number of rotatable bonds is 5. The maximum absolute atomic E-state index is 3.58. The van der Waals surface area contributed by atoms with Gasteiger partial charge in [0.15, 0.2) is 0 Å². The van der Waals surface area contributed by atoms with Crippen LogP contribution in [-0.2, 0) is 6.54 Å². The van der Waals surface area contributed by atoms with Gasteiger partial charge in [0.1, 0.15) is 0 Å². The van der Waals surface area contributed by atoms with E-state index in [-0.39, 0.29) is 12.4 Å². The predicted molar refractivity (Wildman–Crippen MR) is 72.6 cm³/mol. The molecule has 1 aromatic carbocycles. The van der Waals surface area contributed by atoms with Crippen molar-refractivity contribution < 1.29 is 0 Å². The molecule has 1 nitrogen and oxygen atoms in total. The van der Waals surface area contributed by atoms with Crippen LogP contribution >= 0.6 is 28.3 Å². The molecule has 0 radical (unpaired) electrons. The third kappa shape index (κ3) is 5.01. The monoisotopic (exact) mass is 291 g/mol. The fraction of sp³-hybridized carbons (Fsp3) is 0.500. The molecule has 0 saturated carbocycles. The topological polar surface area (TPSA) is 3.24 Å². The van der Waals surface area contributed by atoms with Crippen LogP contribution in [0.5, 0.6) is 0 Å². The summed E-state index contributed by atoms with van der Waals surface area (Å²) < 4.78 is 1.22. The highest BCUT2D eigenvalue weighted by Gasteiger charge is 2.04. The Morgan fingerprint density at radius 1 is 1.20 bits per heavy atom. The highest BCUT2D eigenvalue weighted by molar-refractivity contribution is 9.10. The molecule has 0 bridgehead atoms. The van der Waals surface area contributed by atoms with Gasteiger partial charge < -0.3 is 0 Å². The van der Waals surface area contributed by atoms with Gasteiger partial charge in [-0.15, -0.1) is 12.4 Å². The SMILES string of the molecule is CCCN(CC)Cc1ccccc1Br.Cl. The number of hydrogen-bond acceptors (Lipinski definition) is 1. The van der Waals surface area contributed by atoms with E-state index in [0.29, 0.717) is 0 Å². The van der Waals surface area contributed by atoms with Crippen molar-refractivity contribution in [2.45, 2.75) is 26.8 Å². The molecule has 86 valence electrons. The van der Waals surface area contributed by atoms with Crippen molar-refractivity contribution in [1.29, 1.82) is 0 Å². The molecule has 15 heavy (non-hydrogen) atoms. The van der Waals surface area contributed by atoms with Crippen LogP contribution in [0.4, 0.5) is 0 Å². The van der Waals surface area contributed by atoms with Gasteiger partial charge >= 0.3 is 0 Å². The summed E-state index contributed by atoms with van der Waals surface area (Å²) in [5, 5.41) is 0. The summed E-state index contributed by atoms with van der Waals surface area (Å²) in [6.07, 6.45) is 1.22. The first-order chi connectivity index (χ1) is 6.77. The molecule has 1 aromatic rings. The number of nitrogens with zero attached hydrogens (tertiary/aromatic N) is 1. The summed E-state index contributed by atoms with van der Waals surface area (Å²) >= 11 is 3.58. The van der Waals surface area contributed by atoms with Crippen LogP contribution in [0.3, 0.4) is 0 Å². The number of hydrogen-bond donors (Lipinski definition) is 0. The summed E-state index contributed by atoms with van der Waals surface area (Å²) in [4.78, 5) is 2.46. The van der Waals surface area contributed by atoms with Crippen LogP contribution in [0.15, 0.2) is 28.7 Å². The zero-order valence-corrected chi connectivity index (χ0v) is 11.8. The number of benzene rings is 1. The van der Waals surface area contributed by atoms with E-state index in [0.717, 1.165) is 13.1 Å². The first-order valence-corrected chi connectivity index (χ1v) is 6.03. The molecule has 0 unspecified atom stereocenters. The maximum Gasteiger partial charge on any atom is 0.0244 e. The van der Waals surface area contributed by atoms with Gasteiger partial charge in [-0.25, -0.2) is 0 Å². The molecule has 0 spiro atoms. The van der Waals surface area contributed by atoms with Crippen molar-refractivity contribution in [3.63, 3.8) is 0 Å². The molecular weight excluding hydrogens is 273 g/mol. The second-order valence-corrected chi connectivity index (χ2v) is 4.31. The van der Waals surface area contributed by atoms with E-state index >= 15 is 0 Å². The Kier molecular flexibility index (Phi) is 8.12. The van der Waals surface area contributed by atoms with Crippen molar-refractivity contribution in [2.24, 2.45) is 0 Å².